The number of anilines is 2. The third kappa shape index (κ3) is 8.53. The molecule has 0 aliphatic heterocycles. The van der Waals surface area contributed by atoms with E-state index in [1.165, 1.54) is 12.5 Å². The van der Waals surface area contributed by atoms with Gasteiger partial charge in [0.25, 0.3) is 11.8 Å². The Bertz CT molecular complexity index is 1070. The molecule has 2 heterocycles. The molecule has 2 amide bonds. The standard InChI is InChI=1S/C24H34N8O3/c1-7-16(8-2)31-20(22(33)28-13-24(5,6)35)18(9-3)32-23(34)21-19(12-27-15(4)29-21)30-17-10-25-14-26-11-17/h9-12,14,16,30,35H,7-8,13H2,1-6H3,(H,28,33)(H,32,34). The molecule has 0 bridgehead atoms. The fraction of sp³-hybridized carbons (Fsp3) is 0.458. The van der Waals surface area contributed by atoms with Crippen LogP contribution >= 0.6 is 0 Å². The molecule has 0 saturated heterocycles. The van der Waals surface area contributed by atoms with Crippen molar-refractivity contribution in [3.05, 3.63) is 48.2 Å². The van der Waals surface area contributed by atoms with Crippen LogP contribution in [0.1, 0.15) is 63.8 Å². The number of aromatic nitrogens is 4. The summed E-state index contributed by atoms with van der Waals surface area (Å²) in [6, 6.07) is -0.110. The van der Waals surface area contributed by atoms with Crippen LogP contribution in [-0.4, -0.2) is 60.8 Å². The van der Waals surface area contributed by atoms with Gasteiger partial charge >= 0.3 is 0 Å². The molecule has 0 unspecified atom stereocenters. The Labute approximate surface area is 205 Å². The number of nitrogens with zero attached hydrogens (tertiary/aromatic N) is 5. The normalized spacial score (nSPS) is 12.5. The molecule has 2 aromatic heterocycles. The number of nitrogens with one attached hydrogen (secondary N) is 3. The molecule has 4 N–H and O–H groups in total. The molecule has 0 fully saturated rings. The second-order valence-corrected chi connectivity index (χ2v) is 8.53. The summed E-state index contributed by atoms with van der Waals surface area (Å²) in [5.41, 5.74) is 0.205. The van der Waals surface area contributed by atoms with E-state index in [1.807, 2.05) is 13.8 Å². The number of carbonyl (C=O) groups is 2. The van der Waals surface area contributed by atoms with E-state index >= 15 is 0 Å². The summed E-state index contributed by atoms with van der Waals surface area (Å²) in [5.74, 6) is -0.637. The Kier molecular flexibility index (Phi) is 9.95. The first-order valence-electron chi connectivity index (χ1n) is 11.5. The van der Waals surface area contributed by atoms with Gasteiger partial charge in [-0.1, -0.05) is 19.9 Å². The zero-order valence-electron chi connectivity index (χ0n) is 21.1. The van der Waals surface area contributed by atoms with Crippen LogP contribution in [-0.2, 0) is 4.79 Å². The Balaban J connectivity index is 2.37. The molecule has 2 rings (SSSR count). The minimum atomic E-state index is -1.10. The summed E-state index contributed by atoms with van der Waals surface area (Å²) >= 11 is 0. The number of carbonyl (C=O) groups excluding carboxylic acids is 2. The van der Waals surface area contributed by atoms with Crippen molar-refractivity contribution in [3.8, 4) is 0 Å². The van der Waals surface area contributed by atoms with E-state index in [2.05, 4.69) is 40.9 Å². The number of hydrogen-bond donors (Lipinski definition) is 4. The largest absolute Gasteiger partial charge is 0.389 e. The van der Waals surface area contributed by atoms with E-state index in [1.54, 1.807) is 46.2 Å². The number of rotatable bonds is 11. The highest BCUT2D eigenvalue weighted by Crippen LogP contribution is 2.18. The molecule has 11 nitrogen and oxygen atoms in total. The topological polar surface area (TPSA) is 154 Å². The molecule has 188 valence electrons. The summed E-state index contributed by atoms with van der Waals surface area (Å²) < 4.78 is 0. The van der Waals surface area contributed by atoms with Crippen LogP contribution in [0.5, 0.6) is 0 Å². The molecule has 0 aliphatic carbocycles. The molecule has 2 aromatic rings. The van der Waals surface area contributed by atoms with Gasteiger partial charge in [0.2, 0.25) is 0 Å². The minimum Gasteiger partial charge on any atom is -0.389 e. The second-order valence-electron chi connectivity index (χ2n) is 8.53. The van der Waals surface area contributed by atoms with E-state index in [4.69, 9.17) is 0 Å². The summed E-state index contributed by atoms with van der Waals surface area (Å²) in [4.78, 5) is 47.3. The fourth-order valence-electron chi connectivity index (χ4n) is 2.99. The van der Waals surface area contributed by atoms with Crippen molar-refractivity contribution in [1.82, 2.24) is 30.6 Å². The zero-order chi connectivity index (χ0) is 26.0. The Hall–Kier alpha value is -3.73. The lowest BCUT2D eigenvalue weighted by Crippen LogP contribution is -2.44. The van der Waals surface area contributed by atoms with Gasteiger partial charge in [-0.25, -0.2) is 19.9 Å². The first-order valence-corrected chi connectivity index (χ1v) is 11.5. The van der Waals surface area contributed by atoms with Crippen molar-refractivity contribution in [3.63, 3.8) is 0 Å². The van der Waals surface area contributed by atoms with Crippen LogP contribution in [0.3, 0.4) is 0 Å². The highest BCUT2D eigenvalue weighted by molar-refractivity contribution is 6.45. The quantitative estimate of drug-likeness (QED) is 0.356. The smallest absolute Gasteiger partial charge is 0.276 e. The van der Waals surface area contributed by atoms with Crippen molar-refractivity contribution in [2.75, 3.05) is 11.9 Å². The highest BCUT2D eigenvalue weighted by Gasteiger charge is 2.24. The second kappa shape index (κ2) is 12.7. The van der Waals surface area contributed by atoms with Crippen LogP contribution in [0.4, 0.5) is 11.4 Å². The molecule has 0 saturated carbocycles. The van der Waals surface area contributed by atoms with Gasteiger partial charge in [-0.05, 0) is 40.5 Å². The van der Waals surface area contributed by atoms with Crippen LogP contribution in [0, 0.1) is 6.92 Å². The predicted octanol–water partition coefficient (Wildman–Crippen LogP) is 2.47. The molecular weight excluding hydrogens is 448 g/mol. The van der Waals surface area contributed by atoms with Gasteiger partial charge in [0.05, 0.1) is 47.3 Å². The molecule has 0 aliphatic rings. The van der Waals surface area contributed by atoms with Gasteiger partial charge in [-0.15, -0.1) is 0 Å². The third-order valence-electron chi connectivity index (χ3n) is 4.91. The van der Waals surface area contributed by atoms with Gasteiger partial charge < -0.3 is 21.1 Å². The first-order chi connectivity index (χ1) is 16.6. The summed E-state index contributed by atoms with van der Waals surface area (Å²) in [6.45, 7) is 10.5. The summed E-state index contributed by atoms with van der Waals surface area (Å²) in [7, 11) is 0. The minimum absolute atomic E-state index is 0.0248. The molecule has 11 heteroatoms. The maximum Gasteiger partial charge on any atom is 0.276 e. The average molecular weight is 483 g/mol. The van der Waals surface area contributed by atoms with Crippen LogP contribution < -0.4 is 16.0 Å². The lowest BCUT2D eigenvalue weighted by Gasteiger charge is -2.20. The Morgan fingerprint density at radius 2 is 1.83 bits per heavy atom. The maximum atomic E-state index is 13.3. The number of allylic oxidation sites excluding steroid dienone is 1. The van der Waals surface area contributed by atoms with Gasteiger partial charge in [-0.2, -0.15) is 0 Å². The number of hydrogen-bond acceptors (Lipinski definition) is 9. The van der Waals surface area contributed by atoms with Crippen molar-refractivity contribution >= 4 is 28.9 Å². The first kappa shape index (κ1) is 27.5. The van der Waals surface area contributed by atoms with Crippen molar-refractivity contribution in [1.29, 1.82) is 0 Å². The Morgan fingerprint density at radius 3 is 2.40 bits per heavy atom. The zero-order valence-corrected chi connectivity index (χ0v) is 21.1. The molecule has 35 heavy (non-hydrogen) atoms. The number of amides is 2. The lowest BCUT2D eigenvalue weighted by molar-refractivity contribution is -0.115. The van der Waals surface area contributed by atoms with E-state index in [0.717, 1.165) is 12.8 Å². The van der Waals surface area contributed by atoms with Crippen LogP contribution in [0.15, 0.2) is 41.7 Å². The fourth-order valence-corrected chi connectivity index (χ4v) is 2.99. The summed E-state index contributed by atoms with van der Waals surface area (Å²) in [5, 5.41) is 18.5. The third-order valence-corrected chi connectivity index (χ3v) is 4.91. The SMILES string of the molecule is CC=C(NC(=O)c1nc(C)ncc1Nc1cncnc1)C(=NC(CC)CC)C(=O)NCC(C)(C)O. The molecular formula is C24H34N8O3. The summed E-state index contributed by atoms with van der Waals surface area (Å²) in [6.07, 6.45) is 9.05. The van der Waals surface area contributed by atoms with Gasteiger partial charge in [-0.3, -0.25) is 14.6 Å². The number of aliphatic imine (C=N–C) groups is 1. The van der Waals surface area contributed by atoms with Gasteiger partial charge in [0.1, 0.15) is 17.9 Å². The molecule has 0 spiro atoms. The Morgan fingerprint density at radius 1 is 1.17 bits per heavy atom. The van der Waals surface area contributed by atoms with E-state index in [0.29, 0.717) is 17.2 Å². The van der Waals surface area contributed by atoms with E-state index in [9.17, 15) is 14.7 Å². The van der Waals surface area contributed by atoms with Gasteiger partial charge in [0, 0.05) is 6.54 Å². The molecule has 0 atom stereocenters. The van der Waals surface area contributed by atoms with E-state index in [-0.39, 0.29) is 29.7 Å². The monoisotopic (exact) mass is 482 g/mol. The average Bonchev–Trinajstić information content (AvgIpc) is 2.83. The molecule has 0 aromatic carbocycles. The number of aliphatic hydroxyl groups is 1. The highest BCUT2D eigenvalue weighted by atomic mass is 16.3. The van der Waals surface area contributed by atoms with Crippen molar-refractivity contribution < 1.29 is 14.7 Å². The van der Waals surface area contributed by atoms with Crippen molar-refractivity contribution in [2.45, 2.75) is 66.0 Å². The van der Waals surface area contributed by atoms with Crippen molar-refractivity contribution in [2.24, 2.45) is 4.99 Å². The molecule has 0 radical (unpaired) electrons. The maximum absolute atomic E-state index is 13.3. The number of aryl methyl sites for hydroxylation is 1. The lowest BCUT2D eigenvalue weighted by atomic mass is 10.1. The van der Waals surface area contributed by atoms with Crippen LogP contribution in [0.2, 0.25) is 0 Å². The van der Waals surface area contributed by atoms with E-state index < -0.39 is 17.4 Å². The predicted molar refractivity (Wildman–Crippen MR) is 134 cm³/mol. The van der Waals surface area contributed by atoms with Gasteiger partial charge in [0.15, 0.2) is 5.69 Å². The van der Waals surface area contributed by atoms with Crippen LogP contribution in [0.25, 0.3) is 0 Å².